The molecule has 2 aromatic carbocycles. The minimum absolute atomic E-state index is 0.0283. The number of carbonyl (C=O) groups is 1. The molecule has 0 bridgehead atoms. The quantitative estimate of drug-likeness (QED) is 0.512. The molecule has 25 heavy (non-hydrogen) atoms. The van der Waals surface area contributed by atoms with E-state index in [1.807, 2.05) is 5.48 Å². The van der Waals surface area contributed by atoms with Gasteiger partial charge in [0.1, 0.15) is 5.82 Å². The molecule has 3 N–H and O–H groups in total. The van der Waals surface area contributed by atoms with Crippen LogP contribution in [0.25, 0.3) is 0 Å². The lowest BCUT2D eigenvalue weighted by Crippen LogP contribution is -2.25. The fraction of sp³-hybridized carbons (Fsp3) is 0.188. The molecule has 134 valence electrons. The average molecular weight is 375 g/mol. The molecule has 0 saturated carbocycles. The molecule has 0 atom stereocenters. The summed E-state index contributed by atoms with van der Waals surface area (Å²) in [6.07, 6.45) is 0.277. The fourth-order valence-corrected chi connectivity index (χ4v) is 2.05. The molecule has 1 amide bonds. The van der Waals surface area contributed by atoms with Crippen LogP contribution >= 0.6 is 11.6 Å². The monoisotopic (exact) mass is 374 g/mol. The van der Waals surface area contributed by atoms with Gasteiger partial charge in [-0.15, -0.1) is 0 Å². The van der Waals surface area contributed by atoms with Crippen molar-refractivity contribution in [2.75, 3.05) is 18.5 Å². The van der Waals surface area contributed by atoms with Crippen molar-refractivity contribution in [1.82, 2.24) is 5.48 Å². The van der Waals surface area contributed by atoms with Gasteiger partial charge in [-0.1, -0.05) is 11.6 Å². The van der Waals surface area contributed by atoms with Crippen LogP contribution in [0.3, 0.4) is 0 Å². The van der Waals surface area contributed by atoms with Crippen LogP contribution < -0.4 is 10.8 Å². The van der Waals surface area contributed by atoms with Crippen LogP contribution in [0.2, 0.25) is 5.02 Å². The molecule has 0 saturated heterocycles. The summed E-state index contributed by atoms with van der Waals surface area (Å²) in [7, 11) is 0. The Morgan fingerprint density at radius 1 is 1.16 bits per heavy atom. The number of carbonyl (C=O) groups excluding carboxylic acids is 1. The largest absolute Gasteiger partial charge is 0.396 e. The summed E-state index contributed by atoms with van der Waals surface area (Å²) in [5.41, 5.74) is 1.00. The number of hydrogen-bond donors (Lipinski definition) is 3. The normalized spacial score (nSPS) is 10.6. The second-order valence-corrected chi connectivity index (χ2v) is 5.33. The number of hydrogen-bond acceptors (Lipinski definition) is 4. The van der Waals surface area contributed by atoms with E-state index in [0.29, 0.717) is 0 Å². The van der Waals surface area contributed by atoms with Crippen LogP contribution in [-0.2, 0) is 4.84 Å². The Hall–Kier alpha value is -2.29. The Kier molecular flexibility index (Phi) is 6.63. The molecule has 5 nitrogen and oxygen atoms in total. The minimum Gasteiger partial charge on any atom is -0.396 e. The zero-order valence-corrected chi connectivity index (χ0v) is 13.5. The van der Waals surface area contributed by atoms with Crippen LogP contribution in [0.1, 0.15) is 16.8 Å². The SMILES string of the molecule is O=C(NOCCCO)c1ccc(F)c(F)c1Nc1ccc(Cl)cc1F. The summed E-state index contributed by atoms with van der Waals surface area (Å²) < 4.78 is 41.5. The number of rotatable bonds is 7. The summed E-state index contributed by atoms with van der Waals surface area (Å²) >= 11 is 5.64. The molecule has 0 aromatic heterocycles. The Labute approximate surface area is 146 Å². The lowest BCUT2D eigenvalue weighted by atomic mass is 10.1. The summed E-state index contributed by atoms with van der Waals surface area (Å²) in [5.74, 6) is -4.23. The predicted molar refractivity (Wildman–Crippen MR) is 86.2 cm³/mol. The topological polar surface area (TPSA) is 70.6 Å². The van der Waals surface area contributed by atoms with Gasteiger partial charge in [0.05, 0.1) is 23.5 Å². The maximum absolute atomic E-state index is 14.1. The van der Waals surface area contributed by atoms with Gasteiger partial charge >= 0.3 is 0 Å². The summed E-state index contributed by atoms with van der Waals surface area (Å²) in [6, 6.07) is 5.35. The van der Waals surface area contributed by atoms with E-state index in [9.17, 15) is 18.0 Å². The van der Waals surface area contributed by atoms with Crippen molar-refractivity contribution in [2.24, 2.45) is 0 Å². The second-order valence-electron chi connectivity index (χ2n) is 4.89. The lowest BCUT2D eigenvalue weighted by Gasteiger charge is -2.14. The summed E-state index contributed by atoms with van der Waals surface area (Å²) in [4.78, 5) is 16.9. The first-order valence-corrected chi connectivity index (χ1v) is 7.55. The smallest absolute Gasteiger partial charge is 0.277 e. The first-order chi connectivity index (χ1) is 11.9. The number of benzene rings is 2. The van der Waals surface area contributed by atoms with Crippen molar-refractivity contribution in [1.29, 1.82) is 0 Å². The number of halogens is 4. The van der Waals surface area contributed by atoms with Gasteiger partial charge in [-0.2, -0.15) is 0 Å². The van der Waals surface area contributed by atoms with Gasteiger partial charge in [-0.3, -0.25) is 9.63 Å². The lowest BCUT2D eigenvalue weighted by molar-refractivity contribution is 0.0262. The third-order valence-electron chi connectivity index (χ3n) is 3.10. The highest BCUT2D eigenvalue weighted by atomic mass is 35.5. The molecule has 0 aliphatic heterocycles. The zero-order valence-electron chi connectivity index (χ0n) is 12.8. The number of aliphatic hydroxyl groups excluding tert-OH is 1. The molecule has 2 aromatic rings. The highest BCUT2D eigenvalue weighted by Gasteiger charge is 2.20. The van der Waals surface area contributed by atoms with Crippen LogP contribution in [0, 0.1) is 17.5 Å². The molecule has 0 fully saturated rings. The van der Waals surface area contributed by atoms with Crippen molar-refractivity contribution in [3.05, 3.63) is 58.4 Å². The average Bonchev–Trinajstić information content (AvgIpc) is 2.58. The highest BCUT2D eigenvalue weighted by Crippen LogP contribution is 2.29. The first kappa shape index (κ1) is 19.0. The van der Waals surface area contributed by atoms with Crippen LogP contribution in [0.15, 0.2) is 30.3 Å². The van der Waals surface area contributed by atoms with E-state index < -0.39 is 29.0 Å². The number of hydroxylamine groups is 1. The second kappa shape index (κ2) is 8.70. The Bertz CT molecular complexity index is 775. The number of nitrogens with one attached hydrogen (secondary N) is 2. The number of amides is 1. The minimum atomic E-state index is -1.35. The highest BCUT2D eigenvalue weighted by molar-refractivity contribution is 6.30. The predicted octanol–water partition coefficient (Wildman–Crippen LogP) is 3.54. The van der Waals surface area contributed by atoms with Crippen LogP contribution in [-0.4, -0.2) is 24.2 Å². The van der Waals surface area contributed by atoms with E-state index in [4.69, 9.17) is 21.5 Å². The Balaban J connectivity index is 2.29. The van der Waals surface area contributed by atoms with E-state index in [2.05, 4.69) is 5.32 Å². The maximum atomic E-state index is 14.1. The van der Waals surface area contributed by atoms with Gasteiger partial charge < -0.3 is 10.4 Å². The van der Waals surface area contributed by atoms with Crippen molar-refractivity contribution >= 4 is 28.9 Å². The zero-order chi connectivity index (χ0) is 18.4. The third kappa shape index (κ3) is 4.85. The van der Waals surface area contributed by atoms with Crippen molar-refractivity contribution < 1.29 is 27.9 Å². The molecule has 0 unspecified atom stereocenters. The fourth-order valence-electron chi connectivity index (χ4n) is 1.90. The first-order valence-electron chi connectivity index (χ1n) is 7.17. The van der Waals surface area contributed by atoms with E-state index in [1.54, 1.807) is 0 Å². The molecule has 0 heterocycles. The van der Waals surface area contributed by atoms with Crippen LogP contribution in [0.4, 0.5) is 24.5 Å². The molecule has 2 rings (SSSR count). The van der Waals surface area contributed by atoms with Crippen molar-refractivity contribution in [2.45, 2.75) is 6.42 Å². The molecule has 0 aliphatic carbocycles. The molecule has 0 radical (unpaired) electrons. The molecule has 0 spiro atoms. The number of aliphatic hydroxyl groups is 1. The van der Waals surface area contributed by atoms with Crippen molar-refractivity contribution in [3.63, 3.8) is 0 Å². The molecule has 9 heteroatoms. The molecule has 0 aliphatic rings. The van der Waals surface area contributed by atoms with Crippen LogP contribution in [0.5, 0.6) is 0 Å². The Morgan fingerprint density at radius 3 is 2.60 bits per heavy atom. The standard InChI is InChI=1S/C16H14ClF3N2O3/c17-9-2-5-13(12(19)8-9)21-15-10(3-4-11(18)14(15)20)16(24)22-25-7-1-6-23/h2-5,8,21,23H,1,6-7H2,(H,22,24). The number of anilines is 2. The van der Waals surface area contributed by atoms with E-state index in [0.717, 1.165) is 18.2 Å². The van der Waals surface area contributed by atoms with E-state index >= 15 is 0 Å². The van der Waals surface area contributed by atoms with Gasteiger partial charge in [0.15, 0.2) is 11.6 Å². The maximum Gasteiger partial charge on any atom is 0.277 e. The van der Waals surface area contributed by atoms with Gasteiger partial charge in [-0.25, -0.2) is 18.7 Å². The Morgan fingerprint density at radius 2 is 1.92 bits per heavy atom. The van der Waals surface area contributed by atoms with Gasteiger partial charge in [0.2, 0.25) is 0 Å². The van der Waals surface area contributed by atoms with Gasteiger partial charge in [0.25, 0.3) is 5.91 Å². The molecular weight excluding hydrogens is 361 g/mol. The van der Waals surface area contributed by atoms with E-state index in [-0.39, 0.29) is 35.9 Å². The summed E-state index contributed by atoms with van der Waals surface area (Å²) in [5, 5.41) is 11.1. The van der Waals surface area contributed by atoms with Gasteiger partial charge in [-0.05, 0) is 36.8 Å². The van der Waals surface area contributed by atoms with Gasteiger partial charge in [0, 0.05) is 11.6 Å². The third-order valence-corrected chi connectivity index (χ3v) is 3.33. The van der Waals surface area contributed by atoms with E-state index in [1.165, 1.54) is 12.1 Å². The summed E-state index contributed by atoms with van der Waals surface area (Å²) in [6.45, 7) is -0.107. The van der Waals surface area contributed by atoms with Crippen molar-refractivity contribution in [3.8, 4) is 0 Å². The molecular formula is C16H14ClF3N2O3.